The number of aromatic nitrogens is 2. The second-order valence-corrected chi connectivity index (χ2v) is 6.17. The van der Waals surface area contributed by atoms with Crippen LogP contribution in [-0.4, -0.2) is 15.8 Å². The van der Waals surface area contributed by atoms with Crippen molar-refractivity contribution in [3.63, 3.8) is 0 Å². The Hall–Kier alpha value is -1.10. The van der Waals surface area contributed by atoms with E-state index in [1.54, 1.807) is 6.20 Å². The number of hydrogen-bond donors (Lipinski definition) is 1. The molecule has 0 saturated heterocycles. The lowest BCUT2D eigenvalue weighted by atomic mass is 10.0. The van der Waals surface area contributed by atoms with E-state index < -0.39 is 0 Å². The summed E-state index contributed by atoms with van der Waals surface area (Å²) in [6, 6.07) is 0.392. The van der Waals surface area contributed by atoms with Crippen LogP contribution < -0.4 is 10.9 Å². The van der Waals surface area contributed by atoms with Gasteiger partial charge in [0, 0.05) is 12.6 Å². The summed E-state index contributed by atoms with van der Waals surface area (Å²) in [5, 5.41) is 7.63. The van der Waals surface area contributed by atoms with Gasteiger partial charge in [0.15, 0.2) is 0 Å². The summed E-state index contributed by atoms with van der Waals surface area (Å²) >= 11 is 3.39. The Morgan fingerprint density at radius 3 is 2.95 bits per heavy atom. The molecule has 0 aromatic carbocycles. The number of anilines is 1. The highest BCUT2D eigenvalue weighted by Crippen LogP contribution is 2.21. The molecule has 0 aliphatic heterocycles. The first-order valence-corrected chi connectivity index (χ1v) is 7.54. The van der Waals surface area contributed by atoms with Gasteiger partial charge < -0.3 is 5.32 Å². The standard InChI is InChI=1S/C14H20BrN3O/c1-10(2)9-18-14(19)13(15)12(8-16-18)17-11-6-4-3-5-7-11/h3-4,8,10-11,17H,5-7,9H2,1-2H3. The minimum absolute atomic E-state index is 0.0648. The Bertz CT molecular complexity index is 522. The zero-order chi connectivity index (χ0) is 13.8. The van der Waals surface area contributed by atoms with Crippen molar-refractivity contribution in [2.75, 3.05) is 5.32 Å². The third-order valence-corrected chi connectivity index (χ3v) is 3.92. The van der Waals surface area contributed by atoms with E-state index in [1.807, 2.05) is 0 Å². The van der Waals surface area contributed by atoms with Gasteiger partial charge in [-0.1, -0.05) is 26.0 Å². The van der Waals surface area contributed by atoms with Crippen molar-refractivity contribution in [3.8, 4) is 0 Å². The first-order chi connectivity index (χ1) is 9.08. The summed E-state index contributed by atoms with van der Waals surface area (Å²) in [5.74, 6) is 0.402. The minimum Gasteiger partial charge on any atom is -0.380 e. The van der Waals surface area contributed by atoms with Crippen LogP contribution in [0.15, 0.2) is 27.6 Å². The lowest BCUT2D eigenvalue weighted by Gasteiger charge is -2.21. The second kappa shape index (κ2) is 6.37. The summed E-state index contributed by atoms with van der Waals surface area (Å²) in [7, 11) is 0. The van der Waals surface area contributed by atoms with Crippen molar-refractivity contribution in [1.82, 2.24) is 9.78 Å². The van der Waals surface area contributed by atoms with Crippen LogP contribution in [0.1, 0.15) is 33.1 Å². The highest BCUT2D eigenvalue weighted by Gasteiger charge is 2.14. The van der Waals surface area contributed by atoms with Gasteiger partial charge >= 0.3 is 0 Å². The van der Waals surface area contributed by atoms with E-state index in [9.17, 15) is 4.79 Å². The molecule has 0 saturated carbocycles. The average Bonchev–Trinajstić information content (AvgIpc) is 2.39. The normalized spacial score (nSPS) is 18.8. The van der Waals surface area contributed by atoms with E-state index in [0.717, 1.165) is 24.9 Å². The molecular formula is C14H20BrN3O. The van der Waals surface area contributed by atoms with Crippen molar-refractivity contribution in [2.24, 2.45) is 5.92 Å². The average molecular weight is 326 g/mol. The zero-order valence-electron chi connectivity index (χ0n) is 11.4. The van der Waals surface area contributed by atoms with Crippen LogP contribution in [0.2, 0.25) is 0 Å². The molecule has 104 valence electrons. The topological polar surface area (TPSA) is 46.9 Å². The molecule has 1 aliphatic rings. The molecule has 1 N–H and O–H groups in total. The molecule has 0 radical (unpaired) electrons. The van der Waals surface area contributed by atoms with Crippen molar-refractivity contribution < 1.29 is 0 Å². The van der Waals surface area contributed by atoms with E-state index in [0.29, 0.717) is 23.0 Å². The van der Waals surface area contributed by atoms with Gasteiger partial charge in [0.1, 0.15) is 4.47 Å². The molecule has 1 aromatic rings. The fraction of sp³-hybridized carbons (Fsp3) is 0.571. The SMILES string of the molecule is CC(C)Cn1ncc(NC2CC=CCC2)c(Br)c1=O. The number of rotatable bonds is 4. The zero-order valence-corrected chi connectivity index (χ0v) is 13.0. The van der Waals surface area contributed by atoms with Crippen molar-refractivity contribution in [3.05, 3.63) is 33.2 Å². The van der Waals surface area contributed by atoms with Gasteiger partial charge in [-0.05, 0) is 41.1 Å². The molecule has 1 aromatic heterocycles. The number of nitrogens with one attached hydrogen (secondary N) is 1. The van der Waals surface area contributed by atoms with Crippen molar-refractivity contribution in [2.45, 2.75) is 45.7 Å². The first-order valence-electron chi connectivity index (χ1n) is 6.75. The van der Waals surface area contributed by atoms with Crippen LogP contribution in [0.25, 0.3) is 0 Å². The van der Waals surface area contributed by atoms with Crippen LogP contribution in [-0.2, 0) is 6.54 Å². The lowest BCUT2D eigenvalue weighted by molar-refractivity contribution is 0.462. The summed E-state index contributed by atoms with van der Waals surface area (Å²) in [4.78, 5) is 12.2. The molecule has 5 heteroatoms. The Morgan fingerprint density at radius 2 is 2.32 bits per heavy atom. The number of nitrogens with zero attached hydrogens (tertiary/aromatic N) is 2. The molecule has 0 spiro atoms. The smallest absolute Gasteiger partial charge is 0.283 e. The van der Waals surface area contributed by atoms with Crippen LogP contribution in [0.4, 0.5) is 5.69 Å². The predicted molar refractivity (Wildman–Crippen MR) is 81.4 cm³/mol. The number of hydrogen-bond acceptors (Lipinski definition) is 3. The molecule has 1 aliphatic carbocycles. The summed E-state index contributed by atoms with van der Waals surface area (Å²) < 4.78 is 2.10. The van der Waals surface area contributed by atoms with Gasteiger partial charge in [-0.2, -0.15) is 5.10 Å². The summed E-state index contributed by atoms with van der Waals surface area (Å²) in [5.41, 5.74) is 0.732. The molecule has 0 fully saturated rings. The molecular weight excluding hydrogens is 306 g/mol. The maximum atomic E-state index is 12.2. The van der Waals surface area contributed by atoms with Crippen LogP contribution in [0.5, 0.6) is 0 Å². The van der Waals surface area contributed by atoms with Crippen LogP contribution >= 0.6 is 15.9 Å². The third kappa shape index (κ3) is 3.69. The van der Waals surface area contributed by atoms with E-state index in [1.165, 1.54) is 4.68 Å². The van der Waals surface area contributed by atoms with Gasteiger partial charge in [0.25, 0.3) is 5.56 Å². The van der Waals surface area contributed by atoms with Gasteiger partial charge in [0.05, 0.1) is 11.9 Å². The highest BCUT2D eigenvalue weighted by molar-refractivity contribution is 9.10. The Labute approximate surface area is 122 Å². The number of halogens is 1. The quantitative estimate of drug-likeness (QED) is 0.865. The van der Waals surface area contributed by atoms with Crippen LogP contribution in [0.3, 0.4) is 0 Å². The van der Waals surface area contributed by atoms with Crippen molar-refractivity contribution in [1.29, 1.82) is 0 Å². The number of allylic oxidation sites excluding steroid dienone is 1. The van der Waals surface area contributed by atoms with Gasteiger partial charge in [-0.15, -0.1) is 0 Å². The van der Waals surface area contributed by atoms with Gasteiger partial charge in [-0.25, -0.2) is 4.68 Å². The van der Waals surface area contributed by atoms with E-state index in [-0.39, 0.29) is 5.56 Å². The van der Waals surface area contributed by atoms with E-state index in [2.05, 4.69) is 52.3 Å². The second-order valence-electron chi connectivity index (χ2n) is 5.38. The lowest BCUT2D eigenvalue weighted by Crippen LogP contribution is -2.28. The van der Waals surface area contributed by atoms with Gasteiger partial charge in [-0.3, -0.25) is 4.79 Å². The fourth-order valence-electron chi connectivity index (χ4n) is 2.19. The van der Waals surface area contributed by atoms with E-state index in [4.69, 9.17) is 0 Å². The van der Waals surface area contributed by atoms with Crippen LogP contribution in [0, 0.1) is 5.92 Å². The van der Waals surface area contributed by atoms with Gasteiger partial charge in [0.2, 0.25) is 0 Å². The molecule has 1 atom stereocenters. The molecule has 1 heterocycles. The molecule has 0 amide bonds. The Balaban J connectivity index is 2.16. The van der Waals surface area contributed by atoms with E-state index >= 15 is 0 Å². The highest BCUT2D eigenvalue weighted by atomic mass is 79.9. The molecule has 1 unspecified atom stereocenters. The minimum atomic E-state index is -0.0648. The first kappa shape index (κ1) is 14.3. The fourth-order valence-corrected chi connectivity index (χ4v) is 2.61. The predicted octanol–water partition coefficient (Wildman–Crippen LogP) is 3.18. The maximum Gasteiger partial charge on any atom is 0.283 e. The third-order valence-electron chi connectivity index (χ3n) is 3.15. The molecule has 2 rings (SSSR count). The summed E-state index contributed by atoms with van der Waals surface area (Å²) in [6.07, 6.45) is 9.31. The molecule has 4 nitrogen and oxygen atoms in total. The monoisotopic (exact) mass is 325 g/mol. The maximum absolute atomic E-state index is 12.2. The van der Waals surface area contributed by atoms with Crippen molar-refractivity contribution >= 4 is 21.6 Å². The Morgan fingerprint density at radius 1 is 1.53 bits per heavy atom. The Kier molecular flexibility index (Phi) is 4.80. The molecule has 19 heavy (non-hydrogen) atoms. The largest absolute Gasteiger partial charge is 0.380 e. The molecule has 0 bridgehead atoms. The summed E-state index contributed by atoms with van der Waals surface area (Å²) in [6.45, 7) is 4.79.